The van der Waals surface area contributed by atoms with E-state index >= 15 is 0 Å². The average Bonchev–Trinajstić information content (AvgIpc) is 3.27. The van der Waals surface area contributed by atoms with Crippen molar-refractivity contribution < 1.29 is 48.6 Å². The van der Waals surface area contributed by atoms with E-state index in [4.69, 9.17) is 25.8 Å². The average molecular weight is 982 g/mol. The van der Waals surface area contributed by atoms with Crippen LogP contribution in [0.25, 0.3) is 0 Å². The Bertz CT molecular complexity index is 1980. The van der Waals surface area contributed by atoms with Crippen LogP contribution in [0.15, 0.2) is 71.9 Å². The molecule has 0 heterocycles. The number of carbonyl (C=O) groups excluding carboxylic acids is 2. The summed E-state index contributed by atoms with van der Waals surface area (Å²) in [7, 11) is 0. The Morgan fingerprint density at radius 1 is 0.623 bits per heavy atom. The fourth-order valence-corrected chi connectivity index (χ4v) is 9.49. The lowest BCUT2D eigenvalue weighted by Gasteiger charge is -2.33. The van der Waals surface area contributed by atoms with E-state index in [1.165, 1.54) is 56.1 Å². The van der Waals surface area contributed by atoms with E-state index in [1.807, 2.05) is 38.1 Å². The Labute approximate surface area is 421 Å². The van der Waals surface area contributed by atoms with Crippen LogP contribution in [-0.2, 0) is 29.8 Å². The molecule has 2 aromatic carbocycles. The minimum absolute atomic E-state index is 0.00188. The molecule has 0 fully saturated rings. The van der Waals surface area contributed by atoms with Crippen LogP contribution in [0.3, 0.4) is 0 Å². The number of hydrogen-bond acceptors (Lipinski definition) is 10. The molecule has 0 saturated carbocycles. The second kappa shape index (κ2) is 30.2. The third-order valence-electron chi connectivity index (χ3n) is 13.6. The summed E-state index contributed by atoms with van der Waals surface area (Å²) in [5, 5.41) is 33.0. The van der Waals surface area contributed by atoms with Crippen molar-refractivity contribution in [2.24, 2.45) is 11.8 Å². The summed E-state index contributed by atoms with van der Waals surface area (Å²) in [6, 6.07) is 7.50. The zero-order valence-electron chi connectivity index (χ0n) is 44.5. The molecule has 0 amide bonds. The number of ether oxygens (including phenoxy) is 5. The van der Waals surface area contributed by atoms with Crippen molar-refractivity contribution in [2.45, 2.75) is 196 Å². The zero-order chi connectivity index (χ0) is 51.9. The standard InChI is InChI=1S/C29H44O5.C25H38O2.C4H7ClO3/c1-8-10-11-12-15-29(6,7)22-17-25(30)27(24-16-21(5)13-14-23(24)20(3)4)26(18-22)33-19-34-28(31)32-9-2;1-7-8-9-10-13-25(5,6)19-15-22(26)24(23(27)16-19)21-14-18(4)11-12-20(21)17(2)3;1-2-7-4(6)8-3-5/h16-18,23-24,30H,3,8-15,19H2,1-2,4-7H3;14-16,20-21,26-27H,2,7-13H2,1,3-6H3;2-3H2,1H3/t23-,24+;20-,21+;/m00./s1. The van der Waals surface area contributed by atoms with Gasteiger partial charge in [-0.1, -0.05) is 152 Å². The van der Waals surface area contributed by atoms with Gasteiger partial charge in [0.2, 0.25) is 6.79 Å². The van der Waals surface area contributed by atoms with Crippen LogP contribution in [0.5, 0.6) is 23.0 Å². The van der Waals surface area contributed by atoms with Gasteiger partial charge in [-0.3, -0.25) is 0 Å². The zero-order valence-corrected chi connectivity index (χ0v) is 45.2. The monoisotopic (exact) mass is 981 g/mol. The van der Waals surface area contributed by atoms with Gasteiger partial charge in [-0.05, 0) is 138 Å². The van der Waals surface area contributed by atoms with Crippen molar-refractivity contribution in [2.75, 3.05) is 26.1 Å². The first-order valence-corrected chi connectivity index (χ1v) is 26.0. The van der Waals surface area contributed by atoms with Crippen LogP contribution in [0.2, 0.25) is 0 Å². The molecule has 2 aliphatic rings. The topological polar surface area (TPSA) is 141 Å². The summed E-state index contributed by atoms with van der Waals surface area (Å²) in [6.07, 6.45) is 18.7. The first kappa shape index (κ1) is 60.6. The molecule has 69 heavy (non-hydrogen) atoms. The predicted octanol–water partition coefficient (Wildman–Crippen LogP) is 16.9. The third kappa shape index (κ3) is 19.6. The maximum absolute atomic E-state index is 11.7. The minimum Gasteiger partial charge on any atom is -0.507 e. The van der Waals surface area contributed by atoms with E-state index < -0.39 is 12.3 Å². The molecule has 0 radical (unpaired) electrons. The Hall–Kier alpha value is -4.57. The van der Waals surface area contributed by atoms with E-state index in [9.17, 15) is 24.9 Å². The quantitative estimate of drug-likeness (QED) is 0.0343. The predicted molar refractivity (Wildman–Crippen MR) is 282 cm³/mol. The highest BCUT2D eigenvalue weighted by molar-refractivity contribution is 6.17. The Morgan fingerprint density at radius 2 is 1.03 bits per heavy atom. The molecule has 0 spiro atoms. The number of unbranched alkanes of at least 4 members (excludes halogenated alkanes) is 6. The molecule has 2 aliphatic carbocycles. The van der Waals surface area contributed by atoms with Gasteiger partial charge in [0, 0.05) is 23.0 Å². The fraction of sp³-hybridized carbons (Fsp3) is 0.621. The van der Waals surface area contributed by atoms with Crippen LogP contribution < -0.4 is 4.74 Å². The van der Waals surface area contributed by atoms with Gasteiger partial charge in [0.25, 0.3) is 0 Å². The molecule has 0 bridgehead atoms. The van der Waals surface area contributed by atoms with Crippen molar-refractivity contribution >= 4 is 23.9 Å². The molecule has 10 nitrogen and oxygen atoms in total. The largest absolute Gasteiger partial charge is 0.511 e. The summed E-state index contributed by atoms with van der Waals surface area (Å²) in [6.45, 7) is 33.6. The van der Waals surface area contributed by atoms with Crippen molar-refractivity contribution in [3.63, 3.8) is 0 Å². The molecule has 0 aliphatic heterocycles. The van der Waals surface area contributed by atoms with Gasteiger partial charge in [0.05, 0.1) is 13.2 Å². The Kier molecular flexibility index (Phi) is 26.5. The number of carbonyl (C=O) groups is 2. The molecule has 3 N–H and O–H groups in total. The first-order valence-electron chi connectivity index (χ1n) is 25.5. The molecule has 4 rings (SSSR count). The van der Waals surface area contributed by atoms with E-state index in [-0.39, 0.29) is 71.2 Å². The number of alkyl halides is 1. The summed E-state index contributed by atoms with van der Waals surface area (Å²) in [4.78, 5) is 21.8. The highest BCUT2D eigenvalue weighted by Gasteiger charge is 2.34. The fourth-order valence-electron chi connectivity index (χ4n) is 9.41. The van der Waals surface area contributed by atoms with Crippen LogP contribution >= 0.6 is 11.6 Å². The van der Waals surface area contributed by atoms with Crippen molar-refractivity contribution in [1.29, 1.82) is 0 Å². The maximum Gasteiger partial charge on any atom is 0.511 e. The third-order valence-corrected chi connectivity index (χ3v) is 13.8. The number of phenolic OH excluding ortho intramolecular Hbond substituents is 3. The van der Waals surface area contributed by atoms with Gasteiger partial charge in [-0.2, -0.15) is 0 Å². The van der Waals surface area contributed by atoms with Crippen LogP contribution in [0.1, 0.15) is 207 Å². The smallest absolute Gasteiger partial charge is 0.507 e. The summed E-state index contributed by atoms with van der Waals surface area (Å²) < 4.78 is 24.4. The lowest BCUT2D eigenvalue weighted by molar-refractivity contribution is 0.00628. The molecule has 0 unspecified atom stereocenters. The molecule has 4 atom stereocenters. The van der Waals surface area contributed by atoms with E-state index in [0.717, 1.165) is 72.8 Å². The van der Waals surface area contributed by atoms with Crippen LogP contribution in [-0.4, -0.2) is 53.7 Å². The Balaban J connectivity index is 0.000000416. The number of phenols is 3. The molecular formula is C58H89ClO10. The van der Waals surface area contributed by atoms with Crippen LogP contribution in [0.4, 0.5) is 9.59 Å². The molecular weight excluding hydrogens is 892 g/mol. The molecule has 0 saturated heterocycles. The van der Waals surface area contributed by atoms with Crippen molar-refractivity contribution in [1.82, 2.24) is 0 Å². The van der Waals surface area contributed by atoms with Gasteiger partial charge in [-0.15, -0.1) is 0 Å². The lowest BCUT2D eigenvalue weighted by Crippen LogP contribution is -2.21. The molecule has 11 heteroatoms. The summed E-state index contributed by atoms with van der Waals surface area (Å²) in [5.41, 5.74) is 8.03. The number of halogens is 1. The molecule has 388 valence electrons. The van der Waals surface area contributed by atoms with E-state index in [0.29, 0.717) is 17.9 Å². The molecule has 2 aromatic rings. The van der Waals surface area contributed by atoms with Crippen LogP contribution in [0, 0.1) is 11.8 Å². The number of hydrogen-bond donors (Lipinski definition) is 3. The highest BCUT2D eigenvalue weighted by atomic mass is 35.5. The molecule has 0 aromatic heterocycles. The summed E-state index contributed by atoms with van der Waals surface area (Å²) >= 11 is 5.01. The maximum atomic E-state index is 11.7. The number of rotatable bonds is 22. The van der Waals surface area contributed by atoms with Crippen molar-refractivity contribution in [3.8, 4) is 23.0 Å². The highest BCUT2D eigenvalue weighted by Crippen LogP contribution is 2.50. The van der Waals surface area contributed by atoms with E-state index in [1.54, 1.807) is 13.8 Å². The Morgan fingerprint density at radius 3 is 1.43 bits per heavy atom. The minimum atomic E-state index is -0.770. The number of aromatic hydroxyl groups is 3. The second-order valence-corrected chi connectivity index (χ2v) is 20.5. The van der Waals surface area contributed by atoms with Gasteiger partial charge >= 0.3 is 12.3 Å². The van der Waals surface area contributed by atoms with Gasteiger partial charge in [0.15, 0.2) is 6.07 Å². The van der Waals surface area contributed by atoms with Crippen molar-refractivity contribution in [3.05, 3.63) is 94.1 Å². The summed E-state index contributed by atoms with van der Waals surface area (Å²) in [5.74, 6) is 1.61. The SMILES string of the molecule is C=C(C)[C@@H]1CCC(C)=C[C@H]1c1c(O)cc(C(C)(C)CCCCCC)cc1O.C=C(C)[C@@H]1CCC(C)=C[C@H]1c1c(O)cc(C(C)(C)CCCCCC)cc1OCOC(=O)OCC.CCOC(=O)OCCl. The normalized spacial score (nSPS) is 17.9. The van der Waals surface area contributed by atoms with E-state index in [2.05, 4.69) is 90.2 Å². The second-order valence-electron chi connectivity index (χ2n) is 20.3. The lowest BCUT2D eigenvalue weighted by atomic mass is 9.72. The van der Waals surface area contributed by atoms with Gasteiger partial charge in [-0.25, -0.2) is 9.59 Å². The van der Waals surface area contributed by atoms with Gasteiger partial charge < -0.3 is 39.0 Å². The first-order chi connectivity index (χ1) is 32.6. The number of benzene rings is 2. The number of allylic oxidation sites excluding steroid dienone is 6. The van der Waals surface area contributed by atoms with Gasteiger partial charge in [0.1, 0.15) is 23.0 Å².